The fourth-order valence-corrected chi connectivity index (χ4v) is 4.04. The number of hydrazine groups is 1. The van der Waals surface area contributed by atoms with Gasteiger partial charge in [-0.3, -0.25) is 15.6 Å². The van der Waals surface area contributed by atoms with Gasteiger partial charge in [0, 0.05) is 24.7 Å². The van der Waals surface area contributed by atoms with Gasteiger partial charge in [0.05, 0.1) is 18.1 Å². The number of morpholine rings is 1. The molecule has 1 aliphatic heterocycles. The largest absolute Gasteiger partial charge is 0.379 e. The Morgan fingerprint density at radius 1 is 1.20 bits per heavy atom. The first kappa shape index (κ1) is 18.1. The molecule has 1 saturated carbocycles. The third-order valence-corrected chi connectivity index (χ3v) is 6.02. The molecule has 136 valence electrons. The number of carbonyl (C=O) groups is 1. The molecule has 1 aliphatic carbocycles. The SMILES string of the molecule is O=C(NNC(=S)NC1CC1)c1cccc(S(=O)(=O)N2CCOCC2)c1. The summed E-state index contributed by atoms with van der Waals surface area (Å²) in [6.45, 7) is 1.35. The molecule has 1 aromatic rings. The van der Waals surface area contributed by atoms with Crippen molar-refractivity contribution in [2.45, 2.75) is 23.8 Å². The van der Waals surface area contributed by atoms with E-state index in [0.29, 0.717) is 37.5 Å². The third-order valence-electron chi connectivity index (χ3n) is 3.91. The van der Waals surface area contributed by atoms with Crippen molar-refractivity contribution in [1.82, 2.24) is 20.5 Å². The average Bonchev–Trinajstić information content (AvgIpc) is 3.44. The first-order valence-electron chi connectivity index (χ1n) is 8.01. The van der Waals surface area contributed by atoms with Crippen LogP contribution in [0.15, 0.2) is 29.2 Å². The van der Waals surface area contributed by atoms with Gasteiger partial charge in [-0.25, -0.2) is 8.42 Å². The van der Waals surface area contributed by atoms with Gasteiger partial charge in [-0.1, -0.05) is 6.07 Å². The minimum absolute atomic E-state index is 0.0840. The molecule has 25 heavy (non-hydrogen) atoms. The Labute approximate surface area is 151 Å². The molecule has 0 aromatic heterocycles. The van der Waals surface area contributed by atoms with Gasteiger partial charge in [0.2, 0.25) is 10.0 Å². The van der Waals surface area contributed by atoms with Crippen molar-refractivity contribution in [3.8, 4) is 0 Å². The third kappa shape index (κ3) is 4.66. The van der Waals surface area contributed by atoms with Crippen LogP contribution >= 0.6 is 12.2 Å². The van der Waals surface area contributed by atoms with Gasteiger partial charge in [-0.2, -0.15) is 4.31 Å². The van der Waals surface area contributed by atoms with Crippen molar-refractivity contribution in [2.24, 2.45) is 0 Å². The van der Waals surface area contributed by atoms with Crippen molar-refractivity contribution in [2.75, 3.05) is 26.3 Å². The highest BCUT2D eigenvalue weighted by Crippen LogP contribution is 2.19. The second-order valence-corrected chi connectivity index (χ2v) is 8.22. The number of nitrogens with one attached hydrogen (secondary N) is 3. The van der Waals surface area contributed by atoms with E-state index in [4.69, 9.17) is 17.0 Å². The zero-order valence-corrected chi connectivity index (χ0v) is 15.2. The number of rotatable bonds is 4. The lowest BCUT2D eigenvalue weighted by atomic mass is 10.2. The molecule has 10 heteroatoms. The van der Waals surface area contributed by atoms with Crippen LogP contribution in [0.1, 0.15) is 23.2 Å². The van der Waals surface area contributed by atoms with E-state index in [1.165, 1.54) is 16.4 Å². The fraction of sp³-hybridized carbons (Fsp3) is 0.467. The van der Waals surface area contributed by atoms with Gasteiger partial charge in [-0.05, 0) is 43.3 Å². The molecule has 0 spiro atoms. The van der Waals surface area contributed by atoms with E-state index in [-0.39, 0.29) is 10.5 Å². The molecule has 0 bridgehead atoms. The minimum atomic E-state index is -3.64. The second-order valence-electron chi connectivity index (χ2n) is 5.87. The topological polar surface area (TPSA) is 99.8 Å². The predicted molar refractivity (Wildman–Crippen MR) is 95.4 cm³/mol. The Balaban J connectivity index is 1.65. The quantitative estimate of drug-likeness (QED) is 0.495. The van der Waals surface area contributed by atoms with Gasteiger partial charge in [0.1, 0.15) is 0 Å². The van der Waals surface area contributed by atoms with E-state index in [2.05, 4.69) is 16.2 Å². The van der Waals surface area contributed by atoms with Crippen LogP contribution in [-0.2, 0) is 14.8 Å². The van der Waals surface area contributed by atoms with Crippen molar-refractivity contribution in [1.29, 1.82) is 0 Å². The Hall–Kier alpha value is -1.75. The van der Waals surface area contributed by atoms with E-state index in [0.717, 1.165) is 12.8 Å². The van der Waals surface area contributed by atoms with Crippen LogP contribution in [0.2, 0.25) is 0 Å². The minimum Gasteiger partial charge on any atom is -0.379 e. The molecule has 0 unspecified atom stereocenters. The molecule has 2 fully saturated rings. The number of hydrogen-bond donors (Lipinski definition) is 3. The Morgan fingerprint density at radius 2 is 1.92 bits per heavy atom. The van der Waals surface area contributed by atoms with Crippen LogP contribution in [0.3, 0.4) is 0 Å². The first-order valence-corrected chi connectivity index (χ1v) is 9.86. The molecular weight excluding hydrogens is 364 g/mol. The van der Waals surface area contributed by atoms with Crippen molar-refractivity contribution < 1.29 is 17.9 Å². The Morgan fingerprint density at radius 3 is 2.60 bits per heavy atom. The van der Waals surface area contributed by atoms with Gasteiger partial charge in [0.25, 0.3) is 5.91 Å². The lowest BCUT2D eigenvalue weighted by Gasteiger charge is -2.26. The number of ether oxygens (including phenoxy) is 1. The summed E-state index contributed by atoms with van der Waals surface area (Å²) < 4.78 is 31.8. The molecule has 1 heterocycles. The smallest absolute Gasteiger partial charge is 0.269 e. The summed E-state index contributed by atoms with van der Waals surface area (Å²) >= 11 is 5.06. The molecule has 1 saturated heterocycles. The number of sulfonamides is 1. The molecule has 8 nitrogen and oxygen atoms in total. The number of amides is 1. The van der Waals surface area contributed by atoms with Crippen LogP contribution in [-0.4, -0.2) is 56.1 Å². The van der Waals surface area contributed by atoms with Gasteiger partial charge in [-0.15, -0.1) is 0 Å². The Kier molecular flexibility index (Phi) is 5.52. The van der Waals surface area contributed by atoms with E-state index in [1.54, 1.807) is 12.1 Å². The number of hydrogen-bond acceptors (Lipinski definition) is 5. The van der Waals surface area contributed by atoms with Gasteiger partial charge < -0.3 is 10.1 Å². The molecular formula is C15H20N4O4S2. The molecule has 3 rings (SSSR count). The normalized spacial score (nSPS) is 18.4. The van der Waals surface area contributed by atoms with Crippen molar-refractivity contribution >= 4 is 33.3 Å². The van der Waals surface area contributed by atoms with E-state index in [9.17, 15) is 13.2 Å². The average molecular weight is 384 g/mol. The van der Waals surface area contributed by atoms with Crippen LogP contribution in [0.25, 0.3) is 0 Å². The van der Waals surface area contributed by atoms with Crippen LogP contribution in [0.4, 0.5) is 0 Å². The van der Waals surface area contributed by atoms with Crippen molar-refractivity contribution in [3.05, 3.63) is 29.8 Å². The van der Waals surface area contributed by atoms with Crippen LogP contribution in [0, 0.1) is 0 Å². The predicted octanol–water partition coefficient (Wildman–Crippen LogP) is -0.0212. The number of nitrogens with zero attached hydrogens (tertiary/aromatic N) is 1. The van der Waals surface area contributed by atoms with Gasteiger partial charge in [0.15, 0.2) is 5.11 Å². The highest BCUT2D eigenvalue weighted by atomic mass is 32.2. The highest BCUT2D eigenvalue weighted by molar-refractivity contribution is 7.89. The van der Waals surface area contributed by atoms with E-state index in [1.807, 2.05) is 0 Å². The molecule has 0 radical (unpaired) electrons. The van der Waals surface area contributed by atoms with E-state index >= 15 is 0 Å². The lowest BCUT2D eigenvalue weighted by molar-refractivity contribution is 0.0730. The fourth-order valence-electron chi connectivity index (χ4n) is 2.37. The maximum absolute atomic E-state index is 12.6. The summed E-state index contributed by atoms with van der Waals surface area (Å²) in [6, 6.07) is 6.31. The van der Waals surface area contributed by atoms with Crippen LogP contribution < -0.4 is 16.2 Å². The number of thiocarbonyl (C=S) groups is 1. The lowest BCUT2D eigenvalue weighted by Crippen LogP contribution is -2.47. The molecule has 3 N–H and O–H groups in total. The first-order chi connectivity index (χ1) is 12.0. The Bertz CT molecular complexity index is 759. The number of carbonyl (C=O) groups excluding carboxylic acids is 1. The summed E-state index contributed by atoms with van der Waals surface area (Å²) in [7, 11) is -3.64. The molecule has 0 atom stereocenters. The highest BCUT2D eigenvalue weighted by Gasteiger charge is 2.27. The molecule has 2 aliphatic rings. The zero-order valence-electron chi connectivity index (χ0n) is 13.5. The molecule has 1 amide bonds. The monoisotopic (exact) mass is 384 g/mol. The summed E-state index contributed by atoms with van der Waals surface area (Å²) in [5.74, 6) is -0.459. The maximum atomic E-state index is 12.6. The van der Waals surface area contributed by atoms with Gasteiger partial charge >= 0.3 is 0 Å². The molecule has 1 aromatic carbocycles. The van der Waals surface area contributed by atoms with Crippen LogP contribution in [0.5, 0.6) is 0 Å². The van der Waals surface area contributed by atoms with E-state index < -0.39 is 15.9 Å². The van der Waals surface area contributed by atoms with Crippen molar-refractivity contribution in [3.63, 3.8) is 0 Å². The zero-order chi connectivity index (χ0) is 17.9. The maximum Gasteiger partial charge on any atom is 0.269 e. The summed E-state index contributed by atoms with van der Waals surface area (Å²) in [4.78, 5) is 12.3. The standard InChI is InChI=1S/C15H20N4O4S2/c20-14(17-18-15(24)16-12-4-5-12)11-2-1-3-13(10-11)25(21,22)19-6-8-23-9-7-19/h1-3,10,12H,4-9H2,(H,17,20)(H2,16,18,24). The number of benzene rings is 1. The second kappa shape index (κ2) is 7.65. The summed E-state index contributed by atoms with van der Waals surface area (Å²) in [5.41, 5.74) is 5.32. The summed E-state index contributed by atoms with van der Waals surface area (Å²) in [5, 5.41) is 3.37. The summed E-state index contributed by atoms with van der Waals surface area (Å²) in [6.07, 6.45) is 2.13.